The molecular formula is C25H29FN4O3S. The summed E-state index contributed by atoms with van der Waals surface area (Å²) < 4.78 is 43.5. The summed E-state index contributed by atoms with van der Waals surface area (Å²) in [4.78, 5) is 17.1. The lowest BCUT2D eigenvalue weighted by atomic mass is 9.85. The van der Waals surface area contributed by atoms with Gasteiger partial charge in [-0.2, -0.15) is 0 Å². The monoisotopic (exact) mass is 484 g/mol. The minimum Gasteiger partial charge on any atom is -0.349 e. The average molecular weight is 485 g/mol. The van der Waals surface area contributed by atoms with Gasteiger partial charge in [-0.3, -0.25) is 4.79 Å². The molecule has 1 fully saturated rings. The number of halogens is 1. The Morgan fingerprint density at radius 2 is 1.71 bits per heavy atom. The minimum absolute atomic E-state index is 0.0523. The molecule has 0 radical (unpaired) electrons. The molecule has 3 aromatic rings. The van der Waals surface area contributed by atoms with E-state index in [-0.39, 0.29) is 34.6 Å². The molecule has 0 bridgehead atoms. The summed E-state index contributed by atoms with van der Waals surface area (Å²) in [6, 6.07) is 12.3. The fraction of sp³-hybridized carbons (Fsp3) is 0.360. The quantitative estimate of drug-likeness (QED) is 0.530. The molecule has 1 heterocycles. The molecule has 1 aromatic heterocycles. The standard InChI is InChI=1S/C25H29FN4O3S/c1-17(19-3-7-21(26)8-4-19)28-25(31)20-5-9-22(10-6-20)29-34(32,33)24-13-11-23(12-14-24)30-16-15-27-18(30)2/h3-4,7-8,11-17,20,22,29H,5-6,9-10H2,1-2H3,(H,28,31)/t17-,20-,22+/m1/s1. The van der Waals surface area contributed by atoms with Crippen molar-refractivity contribution in [2.45, 2.75) is 56.5 Å². The smallest absolute Gasteiger partial charge is 0.240 e. The Morgan fingerprint density at radius 1 is 1.06 bits per heavy atom. The number of nitrogens with one attached hydrogen (secondary N) is 2. The molecule has 9 heteroatoms. The van der Waals surface area contributed by atoms with Crippen molar-refractivity contribution >= 4 is 15.9 Å². The zero-order chi connectivity index (χ0) is 24.3. The Morgan fingerprint density at radius 3 is 2.29 bits per heavy atom. The summed E-state index contributed by atoms with van der Waals surface area (Å²) in [5.41, 5.74) is 1.68. The second-order valence-electron chi connectivity index (χ2n) is 8.79. The highest BCUT2D eigenvalue weighted by Crippen LogP contribution is 2.27. The van der Waals surface area contributed by atoms with Gasteiger partial charge in [-0.05, 0) is 81.5 Å². The van der Waals surface area contributed by atoms with Gasteiger partial charge < -0.3 is 9.88 Å². The highest BCUT2D eigenvalue weighted by Gasteiger charge is 2.29. The molecule has 0 saturated heterocycles. The topological polar surface area (TPSA) is 93.1 Å². The third kappa shape index (κ3) is 5.53. The number of amides is 1. The van der Waals surface area contributed by atoms with Crippen molar-refractivity contribution in [1.82, 2.24) is 19.6 Å². The van der Waals surface area contributed by atoms with Crippen LogP contribution in [0, 0.1) is 18.7 Å². The van der Waals surface area contributed by atoms with Crippen molar-refractivity contribution in [2.75, 3.05) is 0 Å². The van der Waals surface area contributed by atoms with E-state index in [9.17, 15) is 17.6 Å². The van der Waals surface area contributed by atoms with E-state index >= 15 is 0 Å². The summed E-state index contributed by atoms with van der Waals surface area (Å²) in [6.07, 6.45) is 5.92. The lowest BCUT2D eigenvalue weighted by Gasteiger charge is -2.29. The number of sulfonamides is 1. The van der Waals surface area contributed by atoms with Crippen LogP contribution in [0.1, 0.15) is 50.0 Å². The summed E-state index contributed by atoms with van der Waals surface area (Å²) in [5.74, 6) is 0.291. The maximum Gasteiger partial charge on any atom is 0.240 e. The number of hydrogen-bond acceptors (Lipinski definition) is 4. The van der Waals surface area contributed by atoms with Crippen molar-refractivity contribution in [2.24, 2.45) is 5.92 Å². The highest BCUT2D eigenvalue weighted by molar-refractivity contribution is 7.89. The van der Waals surface area contributed by atoms with Gasteiger partial charge in [0.15, 0.2) is 0 Å². The first-order chi connectivity index (χ1) is 16.2. The highest BCUT2D eigenvalue weighted by atomic mass is 32.2. The molecule has 4 rings (SSSR count). The molecule has 1 saturated carbocycles. The summed E-state index contributed by atoms with van der Waals surface area (Å²) >= 11 is 0. The minimum atomic E-state index is -3.66. The Balaban J connectivity index is 1.30. The average Bonchev–Trinajstić information content (AvgIpc) is 3.25. The molecule has 1 atom stereocenters. The third-order valence-electron chi connectivity index (χ3n) is 6.40. The van der Waals surface area contributed by atoms with E-state index in [0.717, 1.165) is 17.1 Å². The van der Waals surface area contributed by atoms with Crippen molar-refractivity contribution in [3.05, 3.63) is 78.1 Å². The molecule has 1 aliphatic rings. The van der Waals surface area contributed by atoms with E-state index in [1.807, 2.05) is 24.6 Å². The maximum atomic E-state index is 13.1. The predicted octanol–water partition coefficient (Wildman–Crippen LogP) is 4.03. The Labute approximate surface area is 199 Å². The molecule has 0 unspecified atom stereocenters. The van der Waals surface area contributed by atoms with Gasteiger partial charge in [-0.1, -0.05) is 12.1 Å². The first-order valence-electron chi connectivity index (χ1n) is 11.4. The third-order valence-corrected chi connectivity index (χ3v) is 7.94. The van der Waals surface area contributed by atoms with E-state index in [2.05, 4.69) is 15.0 Å². The molecule has 1 amide bonds. The Kier molecular flexibility index (Phi) is 7.13. The molecule has 7 nitrogen and oxygen atoms in total. The van der Waals surface area contributed by atoms with E-state index in [4.69, 9.17) is 0 Å². The number of hydrogen-bond donors (Lipinski definition) is 2. The van der Waals surface area contributed by atoms with Gasteiger partial charge in [-0.15, -0.1) is 0 Å². The number of carbonyl (C=O) groups is 1. The van der Waals surface area contributed by atoms with Gasteiger partial charge in [0.1, 0.15) is 11.6 Å². The second kappa shape index (κ2) is 10.1. The number of imidazole rings is 1. The van der Waals surface area contributed by atoms with Crippen LogP contribution in [-0.4, -0.2) is 29.9 Å². The number of aryl methyl sites for hydroxylation is 1. The van der Waals surface area contributed by atoms with Crippen molar-refractivity contribution in [1.29, 1.82) is 0 Å². The van der Waals surface area contributed by atoms with Gasteiger partial charge in [0, 0.05) is 30.0 Å². The molecule has 1 aliphatic carbocycles. The van der Waals surface area contributed by atoms with E-state index in [1.165, 1.54) is 12.1 Å². The van der Waals surface area contributed by atoms with Gasteiger partial charge >= 0.3 is 0 Å². The zero-order valence-corrected chi connectivity index (χ0v) is 20.1. The molecule has 34 heavy (non-hydrogen) atoms. The normalized spacial score (nSPS) is 19.5. The second-order valence-corrected chi connectivity index (χ2v) is 10.5. The van der Waals surface area contributed by atoms with Crippen molar-refractivity contribution < 1.29 is 17.6 Å². The summed E-state index contributed by atoms with van der Waals surface area (Å²) in [5, 5.41) is 2.99. The number of benzene rings is 2. The largest absolute Gasteiger partial charge is 0.349 e. The SMILES string of the molecule is Cc1nccn1-c1ccc(S(=O)(=O)N[C@H]2CC[C@@H](C(=O)N[C@H](C)c3ccc(F)cc3)CC2)cc1. The number of nitrogens with zero attached hydrogens (tertiary/aromatic N) is 2. The number of rotatable bonds is 7. The van der Waals surface area contributed by atoms with Crippen LogP contribution in [0.25, 0.3) is 5.69 Å². The molecule has 2 aromatic carbocycles. The summed E-state index contributed by atoms with van der Waals surface area (Å²) in [7, 11) is -3.66. The van der Waals surface area contributed by atoms with Gasteiger partial charge in [0.25, 0.3) is 0 Å². The van der Waals surface area contributed by atoms with Crippen LogP contribution in [0.5, 0.6) is 0 Å². The van der Waals surface area contributed by atoms with Crippen molar-refractivity contribution in [3.8, 4) is 5.69 Å². The lowest BCUT2D eigenvalue weighted by molar-refractivity contribution is -0.126. The summed E-state index contributed by atoms with van der Waals surface area (Å²) in [6.45, 7) is 3.75. The van der Waals surface area contributed by atoms with Crippen LogP contribution in [0.15, 0.2) is 65.8 Å². The molecule has 0 aliphatic heterocycles. The van der Waals surface area contributed by atoms with Gasteiger partial charge in [0.2, 0.25) is 15.9 Å². The Bertz CT molecular complexity index is 1230. The van der Waals surface area contributed by atoms with Gasteiger partial charge in [0.05, 0.1) is 10.9 Å². The van der Waals surface area contributed by atoms with E-state index < -0.39 is 10.0 Å². The van der Waals surface area contributed by atoms with E-state index in [1.54, 1.807) is 42.6 Å². The van der Waals surface area contributed by atoms with Crippen LogP contribution in [0.4, 0.5) is 4.39 Å². The first-order valence-corrected chi connectivity index (χ1v) is 12.9. The van der Waals surface area contributed by atoms with Crippen LogP contribution in [0.2, 0.25) is 0 Å². The predicted molar refractivity (Wildman–Crippen MR) is 127 cm³/mol. The van der Waals surface area contributed by atoms with Crippen LogP contribution < -0.4 is 10.0 Å². The zero-order valence-electron chi connectivity index (χ0n) is 19.2. The van der Waals surface area contributed by atoms with E-state index in [0.29, 0.717) is 25.7 Å². The fourth-order valence-corrected chi connectivity index (χ4v) is 5.67. The molecule has 2 N–H and O–H groups in total. The Hall–Kier alpha value is -3.04. The fourth-order valence-electron chi connectivity index (χ4n) is 4.36. The molecular weight excluding hydrogens is 455 g/mol. The maximum absolute atomic E-state index is 13.1. The molecule has 180 valence electrons. The number of carbonyl (C=O) groups excluding carboxylic acids is 1. The van der Waals surface area contributed by atoms with Crippen LogP contribution >= 0.6 is 0 Å². The molecule has 0 spiro atoms. The first kappa shape index (κ1) is 24.1. The van der Waals surface area contributed by atoms with Gasteiger partial charge in [-0.25, -0.2) is 22.5 Å². The number of aromatic nitrogens is 2. The van der Waals surface area contributed by atoms with Crippen LogP contribution in [0.3, 0.4) is 0 Å². The lowest BCUT2D eigenvalue weighted by Crippen LogP contribution is -2.41. The van der Waals surface area contributed by atoms with Crippen LogP contribution in [-0.2, 0) is 14.8 Å². The van der Waals surface area contributed by atoms with Crippen molar-refractivity contribution in [3.63, 3.8) is 0 Å².